The fourth-order valence-corrected chi connectivity index (χ4v) is 7.97. The number of fused-ring (bicyclic) bond motifs is 4. The Morgan fingerprint density at radius 1 is 1.17 bits per heavy atom. The average molecular weight is 659 g/mol. The third kappa shape index (κ3) is 4.84. The molecule has 8 rings (SSSR count). The van der Waals surface area contributed by atoms with Crippen LogP contribution in [0, 0.1) is 24.0 Å². The molecule has 0 unspecified atom stereocenters. The first kappa shape index (κ1) is 30.5. The second-order valence-corrected chi connectivity index (χ2v) is 12.9. The van der Waals surface area contributed by atoms with Crippen molar-refractivity contribution in [3.8, 4) is 41.2 Å². The van der Waals surface area contributed by atoms with E-state index in [2.05, 4.69) is 25.9 Å². The maximum atomic E-state index is 17.1. The molecular formula is C35H33F3N6O4. The smallest absolute Gasteiger partial charge is 0.319 e. The first-order valence-electron chi connectivity index (χ1n) is 16.2. The number of aromatic hydroxyl groups is 1. The van der Waals surface area contributed by atoms with E-state index in [1.165, 1.54) is 31.4 Å². The van der Waals surface area contributed by atoms with Gasteiger partial charge in [0.25, 0.3) is 0 Å². The van der Waals surface area contributed by atoms with Crippen molar-refractivity contribution in [2.75, 3.05) is 38.3 Å². The molecule has 4 aromatic rings. The van der Waals surface area contributed by atoms with E-state index in [1.807, 2.05) is 4.90 Å². The molecular weight excluding hydrogens is 625 g/mol. The van der Waals surface area contributed by atoms with Gasteiger partial charge in [-0.05, 0) is 55.8 Å². The predicted octanol–water partition coefficient (Wildman–Crippen LogP) is 5.87. The summed E-state index contributed by atoms with van der Waals surface area (Å²) in [6.07, 6.45) is 9.85. The molecule has 0 radical (unpaired) electrons. The zero-order chi connectivity index (χ0) is 33.2. The zero-order valence-electron chi connectivity index (χ0n) is 26.3. The summed E-state index contributed by atoms with van der Waals surface area (Å²) in [7, 11) is 1.46. The van der Waals surface area contributed by atoms with Crippen LogP contribution in [0.2, 0.25) is 0 Å². The van der Waals surface area contributed by atoms with E-state index in [0.717, 1.165) is 38.6 Å². The van der Waals surface area contributed by atoms with E-state index in [4.69, 9.17) is 25.7 Å². The number of hydrogen-bond donors (Lipinski definition) is 1. The first-order valence-corrected chi connectivity index (χ1v) is 16.2. The standard InChI is InChI=1S/C35H33F3N6O4/c1-3-23-25(37)10-9-19-13-22(45)14-24(27(19)23)30-29(38)31-28-32(41-34(40-31)48-18-35-11-6-12-43(35)16-20(36)15-35)44-21(17-47-33(28)39-30)7-4-5-8-26(44)42-46-2/h1,9-10,13-14,20-21,45H,4-8,11-12,15-18H2,2H3/b42-26+/t20-,21+,35+/m1/s1. The van der Waals surface area contributed by atoms with Crippen molar-refractivity contribution in [1.82, 2.24) is 19.9 Å². The Balaban J connectivity index is 1.36. The molecule has 4 aliphatic rings. The third-order valence-electron chi connectivity index (χ3n) is 10.1. The number of aromatic nitrogens is 3. The van der Waals surface area contributed by atoms with Crippen LogP contribution in [0.15, 0.2) is 29.4 Å². The van der Waals surface area contributed by atoms with E-state index in [1.54, 1.807) is 0 Å². The zero-order valence-corrected chi connectivity index (χ0v) is 26.3. The van der Waals surface area contributed by atoms with Crippen molar-refractivity contribution in [2.45, 2.75) is 62.7 Å². The minimum atomic E-state index is -0.956. The minimum absolute atomic E-state index is 0.0552. The molecule has 0 aliphatic carbocycles. The summed E-state index contributed by atoms with van der Waals surface area (Å²) in [5.74, 6) is 1.59. The Kier molecular flexibility index (Phi) is 7.43. The largest absolute Gasteiger partial charge is 0.508 e. The number of terminal acetylenes is 1. The summed E-state index contributed by atoms with van der Waals surface area (Å²) in [6.45, 7) is 1.43. The second kappa shape index (κ2) is 11.7. The topological polar surface area (TPSA) is 105 Å². The number of halogens is 3. The SMILES string of the molecule is C#Cc1c(F)ccc2cc(O)cc(-c3nc4c5c(nc(OC[C@@]67CCCN6C[C@H](F)C7)nc5c3F)N3/C(=N/OC)CCCC[C@H]3CO4)c12. The Labute approximate surface area is 274 Å². The fraction of sp³-hybridized carbons (Fsp3) is 0.429. The molecule has 10 nitrogen and oxygen atoms in total. The van der Waals surface area contributed by atoms with Crippen LogP contribution in [0.25, 0.3) is 32.9 Å². The molecule has 0 amide bonds. The van der Waals surface area contributed by atoms with E-state index >= 15 is 4.39 Å². The lowest BCUT2D eigenvalue weighted by molar-refractivity contribution is 0.107. The Hall–Kier alpha value is -4.83. The highest BCUT2D eigenvalue weighted by Crippen LogP contribution is 2.45. The molecule has 1 N–H and O–H groups in total. The van der Waals surface area contributed by atoms with Crippen molar-refractivity contribution in [2.24, 2.45) is 5.16 Å². The van der Waals surface area contributed by atoms with Crippen LogP contribution in [0.5, 0.6) is 17.6 Å². The van der Waals surface area contributed by atoms with Crippen LogP contribution < -0.4 is 14.4 Å². The number of amidine groups is 1. The van der Waals surface area contributed by atoms with Gasteiger partial charge in [0.05, 0.1) is 17.1 Å². The van der Waals surface area contributed by atoms with E-state index < -0.39 is 23.3 Å². The van der Waals surface area contributed by atoms with E-state index in [-0.39, 0.29) is 70.0 Å². The lowest BCUT2D eigenvalue weighted by Gasteiger charge is -2.31. The Morgan fingerprint density at radius 2 is 2.04 bits per heavy atom. The molecule has 2 aromatic heterocycles. The van der Waals surface area contributed by atoms with Gasteiger partial charge in [0.2, 0.25) is 5.88 Å². The van der Waals surface area contributed by atoms with Gasteiger partial charge in [-0.3, -0.25) is 4.90 Å². The molecule has 3 saturated heterocycles. The van der Waals surface area contributed by atoms with E-state index in [0.29, 0.717) is 36.4 Å². The van der Waals surface area contributed by atoms with Crippen LogP contribution in [0.4, 0.5) is 19.0 Å². The van der Waals surface area contributed by atoms with Crippen LogP contribution in [-0.4, -0.2) is 82.0 Å². The van der Waals surface area contributed by atoms with Crippen LogP contribution in [-0.2, 0) is 4.84 Å². The molecule has 2 aromatic carbocycles. The maximum Gasteiger partial charge on any atom is 0.319 e. The van der Waals surface area contributed by atoms with Gasteiger partial charge < -0.3 is 24.3 Å². The predicted molar refractivity (Wildman–Crippen MR) is 173 cm³/mol. The summed E-state index contributed by atoms with van der Waals surface area (Å²) in [4.78, 5) is 23.3. The number of oxime groups is 1. The van der Waals surface area contributed by atoms with Crippen molar-refractivity contribution >= 4 is 33.3 Å². The summed E-state index contributed by atoms with van der Waals surface area (Å²) in [5.41, 5.74) is -0.912. The number of nitrogens with zero attached hydrogens (tertiary/aromatic N) is 6. The number of benzene rings is 2. The number of anilines is 1. The molecule has 248 valence electrons. The molecule has 13 heteroatoms. The first-order chi connectivity index (χ1) is 23.3. The number of phenolic OH excluding ortho intramolecular Hbond substituents is 1. The van der Waals surface area contributed by atoms with E-state index in [9.17, 15) is 13.9 Å². The maximum absolute atomic E-state index is 17.1. The molecule has 0 saturated carbocycles. The minimum Gasteiger partial charge on any atom is -0.508 e. The summed E-state index contributed by atoms with van der Waals surface area (Å²) < 4.78 is 59.2. The van der Waals surface area contributed by atoms with Gasteiger partial charge in [0.1, 0.15) is 60.5 Å². The Bertz CT molecular complexity index is 2040. The number of alkyl halides is 1. The van der Waals surface area contributed by atoms with Gasteiger partial charge in [0, 0.05) is 30.3 Å². The molecule has 3 atom stereocenters. The quantitative estimate of drug-likeness (QED) is 0.208. The number of phenols is 1. The van der Waals surface area contributed by atoms with Gasteiger partial charge in [-0.1, -0.05) is 23.6 Å². The van der Waals surface area contributed by atoms with Gasteiger partial charge in [0.15, 0.2) is 11.6 Å². The van der Waals surface area contributed by atoms with Crippen LogP contribution >= 0.6 is 0 Å². The van der Waals surface area contributed by atoms with Crippen LogP contribution in [0.1, 0.15) is 50.5 Å². The third-order valence-corrected chi connectivity index (χ3v) is 10.1. The average Bonchev–Trinajstić information content (AvgIpc) is 3.45. The molecule has 0 spiro atoms. The summed E-state index contributed by atoms with van der Waals surface area (Å²) in [5, 5.41) is 15.8. The van der Waals surface area contributed by atoms with Gasteiger partial charge in [-0.2, -0.15) is 9.97 Å². The van der Waals surface area contributed by atoms with Crippen LogP contribution in [0.3, 0.4) is 0 Å². The van der Waals surface area contributed by atoms with Crippen molar-refractivity contribution < 1.29 is 32.6 Å². The normalized spacial score (nSPS) is 24.6. The number of pyridine rings is 1. The van der Waals surface area contributed by atoms with Crippen molar-refractivity contribution in [3.05, 3.63) is 41.5 Å². The highest BCUT2D eigenvalue weighted by atomic mass is 19.1. The second-order valence-electron chi connectivity index (χ2n) is 12.9. The van der Waals surface area contributed by atoms with Gasteiger partial charge in [-0.25, -0.2) is 18.2 Å². The summed E-state index contributed by atoms with van der Waals surface area (Å²) in [6, 6.07) is 5.03. The summed E-state index contributed by atoms with van der Waals surface area (Å²) >= 11 is 0. The molecule has 4 aliphatic heterocycles. The van der Waals surface area contributed by atoms with Gasteiger partial charge >= 0.3 is 6.01 Å². The monoisotopic (exact) mass is 658 g/mol. The number of ether oxygens (including phenoxy) is 2. The van der Waals surface area contributed by atoms with Gasteiger partial charge in [-0.15, -0.1) is 6.42 Å². The van der Waals surface area contributed by atoms with Crippen molar-refractivity contribution in [3.63, 3.8) is 0 Å². The highest BCUT2D eigenvalue weighted by Gasteiger charge is 2.49. The lowest BCUT2D eigenvalue weighted by atomic mass is 9.95. The molecule has 0 bridgehead atoms. The fourth-order valence-electron chi connectivity index (χ4n) is 7.97. The van der Waals surface area contributed by atoms with Crippen molar-refractivity contribution in [1.29, 1.82) is 0 Å². The highest BCUT2D eigenvalue weighted by molar-refractivity contribution is 6.08. The lowest BCUT2D eigenvalue weighted by Crippen LogP contribution is -2.44. The number of hydrogen-bond acceptors (Lipinski definition) is 9. The molecule has 6 heterocycles. The Morgan fingerprint density at radius 3 is 2.88 bits per heavy atom. The molecule has 48 heavy (non-hydrogen) atoms. The molecule has 3 fully saturated rings. The number of rotatable bonds is 5.